The molecule has 3 aromatic rings. The number of pyridine rings is 1. The number of nitrogens with one attached hydrogen (secondary N) is 2. The van der Waals surface area contributed by atoms with Gasteiger partial charge in [0.1, 0.15) is 11.6 Å². The number of non-ortho nitro benzene ring substituents is 1. The predicted molar refractivity (Wildman–Crippen MR) is 104 cm³/mol. The Morgan fingerprint density at radius 3 is 2.74 bits per heavy atom. The summed E-state index contributed by atoms with van der Waals surface area (Å²) in [6.45, 7) is 0. The maximum Gasteiger partial charge on any atom is 0.293 e. The Labute approximate surface area is 163 Å². The second-order valence-corrected chi connectivity index (χ2v) is 6.09. The number of carbonyl (C=O) groups is 1. The standard InChI is InChI=1S/C17H11ClN4O4S/c18-11-4-7-15(19-9-11)20-17(27)21-16(23)14-6-5-13(26-14)10-2-1-3-12(8-10)22(24)25/h1-9H,(H2,19,20,21,23,27). The molecular weight excluding hydrogens is 392 g/mol. The minimum atomic E-state index is -0.571. The lowest BCUT2D eigenvalue weighted by Gasteiger charge is -2.07. The van der Waals surface area contributed by atoms with E-state index in [4.69, 9.17) is 28.2 Å². The SMILES string of the molecule is O=C(NC(=S)Nc1ccc(Cl)cn1)c1ccc(-c2cccc([N+](=O)[O-])c2)o1. The monoisotopic (exact) mass is 402 g/mol. The van der Waals surface area contributed by atoms with Gasteiger partial charge < -0.3 is 9.73 Å². The molecule has 2 heterocycles. The molecule has 1 amide bonds. The van der Waals surface area contributed by atoms with Gasteiger partial charge in [0.05, 0.1) is 9.95 Å². The molecule has 0 saturated heterocycles. The highest BCUT2D eigenvalue weighted by molar-refractivity contribution is 7.80. The van der Waals surface area contributed by atoms with E-state index < -0.39 is 10.8 Å². The molecule has 0 bridgehead atoms. The zero-order chi connectivity index (χ0) is 19.4. The number of carbonyl (C=O) groups excluding carboxylic acids is 1. The van der Waals surface area contributed by atoms with Crippen LogP contribution in [0.3, 0.4) is 0 Å². The fraction of sp³-hybridized carbons (Fsp3) is 0. The lowest BCUT2D eigenvalue weighted by Crippen LogP contribution is -2.34. The van der Waals surface area contributed by atoms with E-state index in [1.54, 1.807) is 24.3 Å². The molecule has 0 aliphatic rings. The van der Waals surface area contributed by atoms with Gasteiger partial charge in [0, 0.05) is 23.9 Å². The van der Waals surface area contributed by atoms with Crippen LogP contribution in [-0.4, -0.2) is 20.9 Å². The molecule has 0 aliphatic heterocycles. The minimum Gasteiger partial charge on any atom is -0.451 e. The van der Waals surface area contributed by atoms with Crippen LogP contribution in [0.1, 0.15) is 10.6 Å². The molecule has 10 heteroatoms. The smallest absolute Gasteiger partial charge is 0.293 e. The summed E-state index contributed by atoms with van der Waals surface area (Å²) in [5.41, 5.74) is 0.407. The van der Waals surface area contributed by atoms with Crippen molar-refractivity contribution in [3.63, 3.8) is 0 Å². The summed E-state index contributed by atoms with van der Waals surface area (Å²) in [4.78, 5) is 26.6. The molecule has 136 valence electrons. The summed E-state index contributed by atoms with van der Waals surface area (Å²) >= 11 is 10.8. The van der Waals surface area contributed by atoms with E-state index >= 15 is 0 Å². The number of furan rings is 1. The fourth-order valence-corrected chi connectivity index (χ4v) is 2.46. The summed E-state index contributed by atoms with van der Waals surface area (Å²) in [6, 6.07) is 12.1. The van der Waals surface area contributed by atoms with Crippen molar-refractivity contribution in [3.05, 3.63) is 75.6 Å². The highest BCUT2D eigenvalue weighted by atomic mass is 35.5. The third-order valence-corrected chi connectivity index (χ3v) is 3.80. The van der Waals surface area contributed by atoms with Gasteiger partial charge in [-0.3, -0.25) is 20.2 Å². The number of rotatable bonds is 4. The molecular formula is C17H11ClN4O4S. The zero-order valence-electron chi connectivity index (χ0n) is 13.5. The summed E-state index contributed by atoms with van der Waals surface area (Å²) in [6.07, 6.45) is 1.44. The Balaban J connectivity index is 1.67. The van der Waals surface area contributed by atoms with E-state index in [-0.39, 0.29) is 16.6 Å². The highest BCUT2D eigenvalue weighted by Gasteiger charge is 2.15. The molecule has 0 radical (unpaired) electrons. The van der Waals surface area contributed by atoms with Gasteiger partial charge in [0.2, 0.25) is 0 Å². The van der Waals surface area contributed by atoms with Crippen molar-refractivity contribution in [2.24, 2.45) is 0 Å². The molecule has 2 N–H and O–H groups in total. The number of hydrogen-bond acceptors (Lipinski definition) is 6. The first kappa shape index (κ1) is 18.5. The van der Waals surface area contributed by atoms with E-state index in [0.29, 0.717) is 22.2 Å². The van der Waals surface area contributed by atoms with E-state index in [9.17, 15) is 14.9 Å². The van der Waals surface area contributed by atoms with Crippen molar-refractivity contribution in [1.29, 1.82) is 0 Å². The Morgan fingerprint density at radius 1 is 1.22 bits per heavy atom. The lowest BCUT2D eigenvalue weighted by molar-refractivity contribution is -0.384. The number of anilines is 1. The second-order valence-electron chi connectivity index (χ2n) is 5.24. The summed E-state index contributed by atoms with van der Waals surface area (Å²) in [5, 5.41) is 16.6. The van der Waals surface area contributed by atoms with Crippen LogP contribution >= 0.6 is 23.8 Å². The first-order valence-electron chi connectivity index (χ1n) is 7.51. The Bertz CT molecular complexity index is 1020. The molecule has 0 spiro atoms. The van der Waals surface area contributed by atoms with Crippen LogP contribution in [0.15, 0.2) is 59.1 Å². The van der Waals surface area contributed by atoms with Crippen LogP contribution in [-0.2, 0) is 0 Å². The van der Waals surface area contributed by atoms with E-state index in [0.717, 1.165) is 0 Å². The first-order valence-corrected chi connectivity index (χ1v) is 8.29. The normalized spacial score (nSPS) is 10.3. The van der Waals surface area contributed by atoms with Crippen LogP contribution in [0.4, 0.5) is 11.5 Å². The molecule has 0 unspecified atom stereocenters. The van der Waals surface area contributed by atoms with Crippen molar-refractivity contribution in [2.75, 3.05) is 5.32 Å². The van der Waals surface area contributed by atoms with Crippen LogP contribution in [0.25, 0.3) is 11.3 Å². The van der Waals surface area contributed by atoms with Gasteiger partial charge in [-0.1, -0.05) is 23.7 Å². The van der Waals surface area contributed by atoms with Gasteiger partial charge in [0.25, 0.3) is 11.6 Å². The van der Waals surface area contributed by atoms with E-state index in [1.165, 1.54) is 30.5 Å². The van der Waals surface area contributed by atoms with Gasteiger partial charge in [-0.15, -0.1) is 0 Å². The topological polar surface area (TPSA) is 110 Å². The number of nitro benzene ring substituents is 1. The van der Waals surface area contributed by atoms with Crippen molar-refractivity contribution in [2.45, 2.75) is 0 Å². The van der Waals surface area contributed by atoms with Crippen LogP contribution in [0.5, 0.6) is 0 Å². The van der Waals surface area contributed by atoms with Gasteiger partial charge in [-0.05, 0) is 36.5 Å². The van der Waals surface area contributed by atoms with E-state index in [1.807, 2.05) is 0 Å². The van der Waals surface area contributed by atoms with Crippen LogP contribution in [0, 0.1) is 10.1 Å². The highest BCUT2D eigenvalue weighted by Crippen LogP contribution is 2.25. The molecule has 3 rings (SSSR count). The fourth-order valence-electron chi connectivity index (χ4n) is 2.15. The molecule has 0 aliphatic carbocycles. The van der Waals surface area contributed by atoms with Gasteiger partial charge in [0.15, 0.2) is 10.9 Å². The van der Waals surface area contributed by atoms with E-state index in [2.05, 4.69) is 15.6 Å². The lowest BCUT2D eigenvalue weighted by atomic mass is 10.1. The number of halogens is 1. The van der Waals surface area contributed by atoms with Crippen molar-refractivity contribution < 1.29 is 14.1 Å². The molecule has 8 nitrogen and oxygen atoms in total. The summed E-state index contributed by atoms with van der Waals surface area (Å²) < 4.78 is 5.48. The average Bonchev–Trinajstić information content (AvgIpc) is 3.14. The van der Waals surface area contributed by atoms with Crippen LogP contribution in [0.2, 0.25) is 5.02 Å². The number of hydrogen-bond donors (Lipinski definition) is 2. The molecule has 0 saturated carbocycles. The minimum absolute atomic E-state index is 0.00437. The van der Waals surface area contributed by atoms with Gasteiger partial charge in [-0.25, -0.2) is 4.98 Å². The van der Waals surface area contributed by atoms with Crippen molar-refractivity contribution in [3.8, 4) is 11.3 Å². The maximum atomic E-state index is 12.2. The Kier molecular flexibility index (Phi) is 5.43. The quantitative estimate of drug-likeness (QED) is 0.385. The van der Waals surface area contributed by atoms with Gasteiger partial charge >= 0.3 is 0 Å². The first-order chi connectivity index (χ1) is 12.9. The number of benzene rings is 1. The summed E-state index contributed by atoms with van der Waals surface area (Å²) in [7, 11) is 0. The number of aromatic nitrogens is 1. The predicted octanol–water partition coefficient (Wildman–Crippen LogP) is 4.03. The number of nitro groups is 1. The third kappa shape index (κ3) is 4.66. The van der Waals surface area contributed by atoms with Crippen molar-refractivity contribution in [1.82, 2.24) is 10.3 Å². The summed E-state index contributed by atoms with van der Waals surface area (Å²) in [5.74, 6) is 0.173. The third-order valence-electron chi connectivity index (χ3n) is 3.37. The Hall–Kier alpha value is -3.30. The number of nitrogens with zero attached hydrogens (tertiary/aromatic N) is 2. The van der Waals surface area contributed by atoms with Crippen LogP contribution < -0.4 is 10.6 Å². The van der Waals surface area contributed by atoms with Gasteiger partial charge in [-0.2, -0.15) is 0 Å². The molecule has 27 heavy (non-hydrogen) atoms. The zero-order valence-corrected chi connectivity index (χ0v) is 15.1. The second kappa shape index (κ2) is 7.94. The average molecular weight is 403 g/mol. The maximum absolute atomic E-state index is 12.2. The largest absolute Gasteiger partial charge is 0.451 e. The number of amides is 1. The Morgan fingerprint density at radius 2 is 2.04 bits per heavy atom. The number of thiocarbonyl (C=S) groups is 1. The van der Waals surface area contributed by atoms with Crippen molar-refractivity contribution >= 4 is 46.3 Å². The molecule has 0 atom stereocenters. The molecule has 1 aromatic carbocycles. The molecule has 0 fully saturated rings. The molecule has 2 aromatic heterocycles.